The lowest BCUT2D eigenvalue weighted by Crippen LogP contribution is -2.04. The highest BCUT2D eigenvalue weighted by molar-refractivity contribution is 9.10. The maximum atomic E-state index is 10.5. The van der Waals surface area contributed by atoms with Gasteiger partial charge in [0.15, 0.2) is 0 Å². The highest BCUT2D eigenvalue weighted by atomic mass is 79.9. The third-order valence-electron chi connectivity index (χ3n) is 1.51. The molecule has 0 unspecified atom stereocenters. The second-order valence-electron chi connectivity index (χ2n) is 2.51. The molecule has 13 heavy (non-hydrogen) atoms. The first-order valence-corrected chi connectivity index (χ1v) is 5.50. The summed E-state index contributed by atoms with van der Waals surface area (Å²) in [5.74, 6) is -0.414. The number of carbonyl (C=O) groups is 1. The molecule has 4 heteroatoms. The van der Waals surface area contributed by atoms with E-state index in [4.69, 9.17) is 5.73 Å². The zero-order valence-corrected chi connectivity index (χ0v) is 9.61. The Balaban J connectivity index is 2.85. The molecule has 0 spiro atoms. The van der Waals surface area contributed by atoms with Crippen molar-refractivity contribution in [3.63, 3.8) is 0 Å². The van der Waals surface area contributed by atoms with Crippen molar-refractivity contribution in [2.75, 3.05) is 0 Å². The van der Waals surface area contributed by atoms with Crippen LogP contribution in [0.5, 0.6) is 0 Å². The molecule has 0 saturated heterocycles. The summed E-state index contributed by atoms with van der Waals surface area (Å²) in [5, 5.41) is 0. The highest BCUT2D eigenvalue weighted by Crippen LogP contribution is 2.28. The lowest BCUT2D eigenvalue weighted by atomic mass is 10.3. The van der Waals surface area contributed by atoms with Crippen LogP contribution in [-0.2, 0) is 11.2 Å². The molecule has 0 bridgehead atoms. The number of nitrogens with two attached hydrogens (primary N) is 1. The lowest BCUT2D eigenvalue weighted by molar-refractivity contribution is -0.113. The van der Waals surface area contributed by atoms with Crippen LogP contribution >= 0.6 is 27.3 Å². The fourth-order valence-electron chi connectivity index (χ4n) is 0.913. The number of amides is 1. The molecule has 0 radical (unpaired) electrons. The van der Waals surface area contributed by atoms with Gasteiger partial charge in [-0.3, -0.25) is 4.79 Å². The molecule has 2 N–H and O–H groups in total. The van der Waals surface area contributed by atoms with Gasteiger partial charge >= 0.3 is 0 Å². The number of primary amides is 1. The Kier molecular flexibility index (Phi) is 3.69. The first-order chi connectivity index (χ1) is 6.13. The summed E-state index contributed by atoms with van der Waals surface area (Å²) in [6.45, 7) is 2.10. The van der Waals surface area contributed by atoms with Crippen LogP contribution in [0.15, 0.2) is 16.6 Å². The molecule has 1 aromatic rings. The molecule has 0 aromatic carbocycles. The van der Waals surface area contributed by atoms with Gasteiger partial charge in [-0.05, 0) is 34.5 Å². The van der Waals surface area contributed by atoms with E-state index in [1.807, 2.05) is 6.07 Å². The number of hydrogen-bond donors (Lipinski definition) is 1. The molecule has 0 fully saturated rings. The summed E-state index contributed by atoms with van der Waals surface area (Å²) in [6, 6.07) is 1.99. The SMILES string of the molecule is CCc1sc(/C=C/C(N)=O)cc1Br. The second-order valence-corrected chi connectivity index (χ2v) is 4.53. The predicted molar refractivity (Wildman–Crippen MR) is 59.6 cm³/mol. The fraction of sp³-hybridized carbons (Fsp3) is 0.222. The minimum Gasteiger partial charge on any atom is -0.366 e. The molecular weight excluding hydrogens is 250 g/mol. The average Bonchev–Trinajstić information content (AvgIpc) is 2.43. The van der Waals surface area contributed by atoms with Crippen LogP contribution in [0.3, 0.4) is 0 Å². The van der Waals surface area contributed by atoms with Crippen LogP contribution in [0.25, 0.3) is 6.08 Å². The number of aryl methyl sites for hydroxylation is 1. The van der Waals surface area contributed by atoms with E-state index < -0.39 is 5.91 Å². The molecule has 0 aliphatic carbocycles. The number of thiophene rings is 1. The predicted octanol–water partition coefficient (Wildman–Crippen LogP) is 2.57. The molecule has 0 aliphatic rings. The molecule has 1 heterocycles. The Hall–Kier alpha value is -0.610. The van der Waals surface area contributed by atoms with Gasteiger partial charge in [0.25, 0.3) is 0 Å². The van der Waals surface area contributed by atoms with Crippen LogP contribution in [0.2, 0.25) is 0 Å². The van der Waals surface area contributed by atoms with Crippen molar-refractivity contribution in [1.29, 1.82) is 0 Å². The number of rotatable bonds is 3. The van der Waals surface area contributed by atoms with Gasteiger partial charge in [-0.2, -0.15) is 0 Å². The van der Waals surface area contributed by atoms with E-state index >= 15 is 0 Å². The molecule has 70 valence electrons. The summed E-state index contributed by atoms with van der Waals surface area (Å²) < 4.78 is 1.10. The second kappa shape index (κ2) is 4.58. The Morgan fingerprint density at radius 3 is 2.92 bits per heavy atom. The maximum Gasteiger partial charge on any atom is 0.241 e. The fourth-order valence-corrected chi connectivity index (χ4v) is 2.73. The van der Waals surface area contributed by atoms with Gasteiger partial charge in [-0.1, -0.05) is 6.92 Å². The van der Waals surface area contributed by atoms with Crippen molar-refractivity contribution in [1.82, 2.24) is 0 Å². The monoisotopic (exact) mass is 259 g/mol. The third kappa shape index (κ3) is 2.97. The van der Waals surface area contributed by atoms with E-state index in [0.717, 1.165) is 15.8 Å². The first kappa shape index (κ1) is 10.5. The number of carbonyl (C=O) groups excluding carboxylic acids is 1. The molecule has 0 atom stereocenters. The topological polar surface area (TPSA) is 43.1 Å². The Labute approximate surface area is 89.6 Å². The summed E-state index contributed by atoms with van der Waals surface area (Å²) in [4.78, 5) is 12.8. The Morgan fingerprint density at radius 2 is 2.46 bits per heavy atom. The summed E-state index contributed by atoms with van der Waals surface area (Å²) in [6.07, 6.45) is 4.10. The standard InChI is InChI=1S/C9H10BrNOS/c1-2-8-7(10)5-6(13-8)3-4-9(11)12/h3-5H,2H2,1H3,(H2,11,12)/b4-3+. The smallest absolute Gasteiger partial charge is 0.241 e. The Morgan fingerprint density at radius 1 is 1.77 bits per heavy atom. The third-order valence-corrected chi connectivity index (χ3v) is 3.72. The zero-order valence-electron chi connectivity index (χ0n) is 7.21. The summed E-state index contributed by atoms with van der Waals surface area (Å²) in [7, 11) is 0. The summed E-state index contributed by atoms with van der Waals surface area (Å²) >= 11 is 5.10. The van der Waals surface area contributed by atoms with Crippen LogP contribution in [0, 0.1) is 0 Å². The molecule has 0 saturated carbocycles. The van der Waals surface area contributed by atoms with Crippen LogP contribution in [-0.4, -0.2) is 5.91 Å². The van der Waals surface area contributed by atoms with Crippen molar-refractivity contribution < 1.29 is 4.79 Å². The molecule has 0 aliphatic heterocycles. The molecule has 1 amide bonds. The van der Waals surface area contributed by atoms with Crippen molar-refractivity contribution in [3.05, 3.63) is 26.4 Å². The van der Waals surface area contributed by atoms with Gasteiger partial charge < -0.3 is 5.73 Å². The van der Waals surface area contributed by atoms with E-state index in [1.54, 1.807) is 17.4 Å². The lowest BCUT2D eigenvalue weighted by Gasteiger charge is -1.86. The van der Waals surface area contributed by atoms with Gasteiger partial charge in [0.1, 0.15) is 0 Å². The van der Waals surface area contributed by atoms with E-state index in [0.29, 0.717) is 0 Å². The largest absolute Gasteiger partial charge is 0.366 e. The first-order valence-electron chi connectivity index (χ1n) is 3.89. The average molecular weight is 260 g/mol. The van der Waals surface area contributed by atoms with Gasteiger partial charge in [-0.15, -0.1) is 11.3 Å². The molecular formula is C9H10BrNOS. The van der Waals surface area contributed by atoms with Crippen molar-refractivity contribution in [2.45, 2.75) is 13.3 Å². The van der Waals surface area contributed by atoms with E-state index in [1.165, 1.54) is 11.0 Å². The maximum absolute atomic E-state index is 10.5. The van der Waals surface area contributed by atoms with Gasteiger partial charge in [0, 0.05) is 20.3 Å². The number of halogens is 1. The van der Waals surface area contributed by atoms with Crippen molar-refractivity contribution in [2.24, 2.45) is 5.73 Å². The molecule has 2 nitrogen and oxygen atoms in total. The van der Waals surface area contributed by atoms with Crippen LogP contribution in [0.1, 0.15) is 16.7 Å². The van der Waals surface area contributed by atoms with E-state index in [9.17, 15) is 4.79 Å². The van der Waals surface area contributed by atoms with Gasteiger partial charge in [0.05, 0.1) is 0 Å². The zero-order chi connectivity index (χ0) is 9.84. The van der Waals surface area contributed by atoms with Gasteiger partial charge in [-0.25, -0.2) is 0 Å². The van der Waals surface area contributed by atoms with Crippen molar-refractivity contribution >= 4 is 39.2 Å². The van der Waals surface area contributed by atoms with E-state index in [2.05, 4.69) is 22.9 Å². The quantitative estimate of drug-likeness (QED) is 0.834. The summed E-state index contributed by atoms with van der Waals surface area (Å²) in [5.41, 5.74) is 4.98. The normalized spacial score (nSPS) is 10.9. The van der Waals surface area contributed by atoms with Crippen LogP contribution in [0.4, 0.5) is 0 Å². The molecule has 1 aromatic heterocycles. The van der Waals surface area contributed by atoms with Gasteiger partial charge in [0.2, 0.25) is 5.91 Å². The number of hydrogen-bond acceptors (Lipinski definition) is 2. The van der Waals surface area contributed by atoms with Crippen molar-refractivity contribution in [3.8, 4) is 0 Å². The molecule has 1 rings (SSSR count). The highest BCUT2D eigenvalue weighted by Gasteiger charge is 2.02. The van der Waals surface area contributed by atoms with E-state index in [-0.39, 0.29) is 0 Å². The van der Waals surface area contributed by atoms with Crippen LogP contribution < -0.4 is 5.73 Å². The minimum atomic E-state index is -0.414. The minimum absolute atomic E-state index is 0.414. The Bertz CT molecular complexity index is 343.